The molecular weight excluding hydrogens is 240 g/mol. The van der Waals surface area contributed by atoms with E-state index >= 15 is 0 Å². The fraction of sp³-hybridized carbons (Fsp3) is 0.400. The summed E-state index contributed by atoms with van der Waals surface area (Å²) in [6.07, 6.45) is 0.813. The molecule has 1 heterocycles. The van der Waals surface area contributed by atoms with Crippen molar-refractivity contribution < 1.29 is 9.53 Å². The van der Waals surface area contributed by atoms with Gasteiger partial charge in [-0.15, -0.1) is 0 Å². The van der Waals surface area contributed by atoms with Crippen molar-refractivity contribution in [3.05, 3.63) is 35.4 Å². The van der Waals surface area contributed by atoms with E-state index in [-0.39, 0.29) is 11.8 Å². The minimum atomic E-state index is 0.000199. The summed E-state index contributed by atoms with van der Waals surface area (Å²) in [5, 5.41) is 2.93. The normalized spacial score (nSPS) is 17.6. The van der Waals surface area contributed by atoms with Crippen LogP contribution >= 0.6 is 0 Å². The fourth-order valence-corrected chi connectivity index (χ4v) is 1.99. The Kier molecular flexibility index (Phi) is 4.96. The van der Waals surface area contributed by atoms with Gasteiger partial charge in [-0.3, -0.25) is 4.79 Å². The monoisotopic (exact) mass is 258 g/mol. The molecule has 3 N–H and O–H groups in total. The summed E-state index contributed by atoms with van der Waals surface area (Å²) >= 11 is 0. The van der Waals surface area contributed by atoms with Crippen LogP contribution in [-0.2, 0) is 16.1 Å². The van der Waals surface area contributed by atoms with E-state index in [0.29, 0.717) is 26.3 Å². The van der Waals surface area contributed by atoms with E-state index in [2.05, 4.69) is 17.2 Å². The van der Waals surface area contributed by atoms with Crippen molar-refractivity contribution in [2.24, 2.45) is 11.7 Å². The molecule has 0 spiro atoms. The predicted octanol–water partition coefficient (Wildman–Crippen LogP) is 0.649. The maximum atomic E-state index is 11.8. The first-order valence-electron chi connectivity index (χ1n) is 6.43. The van der Waals surface area contributed by atoms with Crippen LogP contribution in [0, 0.1) is 17.8 Å². The van der Waals surface area contributed by atoms with Gasteiger partial charge in [0.15, 0.2) is 0 Å². The summed E-state index contributed by atoms with van der Waals surface area (Å²) in [5.41, 5.74) is 7.30. The smallest absolute Gasteiger partial charge is 0.225 e. The fourth-order valence-electron chi connectivity index (χ4n) is 1.99. The summed E-state index contributed by atoms with van der Waals surface area (Å²) in [4.78, 5) is 11.8. The van der Waals surface area contributed by atoms with Crippen LogP contribution in [0.4, 0.5) is 0 Å². The van der Waals surface area contributed by atoms with Gasteiger partial charge in [0.05, 0.1) is 19.1 Å². The van der Waals surface area contributed by atoms with Crippen LogP contribution in [0.2, 0.25) is 0 Å². The molecule has 100 valence electrons. The third-order valence-electron chi connectivity index (χ3n) is 3.03. The van der Waals surface area contributed by atoms with Gasteiger partial charge in [0.1, 0.15) is 0 Å². The third kappa shape index (κ3) is 4.09. The molecule has 1 fully saturated rings. The second kappa shape index (κ2) is 6.93. The highest BCUT2D eigenvalue weighted by Gasteiger charge is 2.22. The standard InChI is InChI=1S/C15H18N2O2/c16-7-2-5-12-3-1-4-13(9-12)10-17-15(18)14-6-8-19-11-14/h1,3-4,9,14H,6-8,10-11,16H2,(H,17,18). The van der Waals surface area contributed by atoms with Crippen LogP contribution in [0.3, 0.4) is 0 Å². The number of hydrogen-bond donors (Lipinski definition) is 2. The molecule has 19 heavy (non-hydrogen) atoms. The average molecular weight is 258 g/mol. The Morgan fingerprint density at radius 3 is 3.16 bits per heavy atom. The van der Waals surface area contributed by atoms with Gasteiger partial charge in [-0.1, -0.05) is 24.0 Å². The quantitative estimate of drug-likeness (QED) is 0.782. The van der Waals surface area contributed by atoms with E-state index < -0.39 is 0 Å². The molecule has 0 aliphatic carbocycles. The highest BCUT2D eigenvalue weighted by molar-refractivity contribution is 5.78. The van der Waals surface area contributed by atoms with E-state index in [0.717, 1.165) is 17.5 Å². The van der Waals surface area contributed by atoms with Gasteiger partial charge >= 0.3 is 0 Å². The van der Waals surface area contributed by atoms with E-state index in [1.165, 1.54) is 0 Å². The van der Waals surface area contributed by atoms with E-state index in [9.17, 15) is 4.79 Å². The molecule has 1 aliphatic heterocycles. The van der Waals surface area contributed by atoms with Crippen molar-refractivity contribution in [1.29, 1.82) is 0 Å². The Morgan fingerprint density at radius 2 is 2.42 bits per heavy atom. The Morgan fingerprint density at radius 1 is 1.53 bits per heavy atom. The Labute approximate surface area is 113 Å². The molecule has 0 bridgehead atoms. The van der Waals surface area contributed by atoms with Crippen LogP contribution in [0.1, 0.15) is 17.5 Å². The summed E-state index contributed by atoms with van der Waals surface area (Å²) in [5.74, 6) is 5.86. The second-order valence-electron chi connectivity index (χ2n) is 4.48. The first kappa shape index (κ1) is 13.6. The molecule has 1 amide bonds. The number of hydrogen-bond acceptors (Lipinski definition) is 3. The zero-order valence-electron chi connectivity index (χ0n) is 10.8. The number of amides is 1. The Bertz CT molecular complexity index is 496. The van der Waals surface area contributed by atoms with Crippen molar-refractivity contribution in [1.82, 2.24) is 5.32 Å². The molecule has 0 saturated carbocycles. The first-order valence-corrected chi connectivity index (χ1v) is 6.43. The number of ether oxygens (including phenoxy) is 1. The number of carbonyl (C=O) groups excluding carboxylic acids is 1. The van der Waals surface area contributed by atoms with E-state index in [1.807, 2.05) is 24.3 Å². The van der Waals surface area contributed by atoms with E-state index in [1.54, 1.807) is 0 Å². The van der Waals surface area contributed by atoms with Crippen molar-refractivity contribution in [2.45, 2.75) is 13.0 Å². The second-order valence-corrected chi connectivity index (χ2v) is 4.48. The molecule has 1 aromatic rings. The Balaban J connectivity index is 1.90. The lowest BCUT2D eigenvalue weighted by atomic mass is 10.1. The van der Waals surface area contributed by atoms with Crippen molar-refractivity contribution in [2.75, 3.05) is 19.8 Å². The van der Waals surface area contributed by atoms with Crippen LogP contribution in [0.25, 0.3) is 0 Å². The van der Waals surface area contributed by atoms with Gasteiger partial charge < -0.3 is 15.8 Å². The minimum Gasteiger partial charge on any atom is -0.381 e. The highest BCUT2D eigenvalue weighted by Crippen LogP contribution is 2.12. The average Bonchev–Trinajstić information content (AvgIpc) is 2.97. The largest absolute Gasteiger partial charge is 0.381 e. The number of benzene rings is 1. The van der Waals surface area contributed by atoms with Crippen LogP contribution in [0.15, 0.2) is 24.3 Å². The molecule has 1 atom stereocenters. The van der Waals surface area contributed by atoms with Gasteiger partial charge in [-0.2, -0.15) is 0 Å². The number of carbonyl (C=O) groups is 1. The number of nitrogens with one attached hydrogen (secondary N) is 1. The molecule has 0 radical (unpaired) electrons. The van der Waals surface area contributed by atoms with Gasteiger partial charge in [0.2, 0.25) is 5.91 Å². The summed E-state index contributed by atoms with van der Waals surface area (Å²) < 4.78 is 5.20. The van der Waals surface area contributed by atoms with Gasteiger partial charge in [0.25, 0.3) is 0 Å². The van der Waals surface area contributed by atoms with E-state index in [4.69, 9.17) is 10.5 Å². The SMILES string of the molecule is NCC#Cc1cccc(CNC(=O)C2CCOC2)c1. The van der Waals surface area contributed by atoms with Gasteiger partial charge in [0, 0.05) is 18.7 Å². The number of nitrogens with two attached hydrogens (primary N) is 1. The zero-order valence-corrected chi connectivity index (χ0v) is 10.8. The molecule has 1 aliphatic rings. The lowest BCUT2D eigenvalue weighted by Gasteiger charge is -2.09. The molecule has 1 unspecified atom stereocenters. The topological polar surface area (TPSA) is 64.3 Å². The zero-order chi connectivity index (χ0) is 13.5. The lowest BCUT2D eigenvalue weighted by Crippen LogP contribution is -2.30. The van der Waals surface area contributed by atoms with Crippen molar-refractivity contribution in [3.63, 3.8) is 0 Å². The molecule has 1 aromatic carbocycles. The molecule has 2 rings (SSSR count). The molecule has 4 heteroatoms. The maximum absolute atomic E-state index is 11.8. The predicted molar refractivity (Wildman–Crippen MR) is 73.1 cm³/mol. The lowest BCUT2D eigenvalue weighted by molar-refractivity contribution is -0.125. The van der Waals surface area contributed by atoms with Crippen molar-refractivity contribution in [3.8, 4) is 11.8 Å². The van der Waals surface area contributed by atoms with Gasteiger partial charge in [-0.25, -0.2) is 0 Å². The third-order valence-corrected chi connectivity index (χ3v) is 3.03. The van der Waals surface area contributed by atoms with Crippen LogP contribution in [-0.4, -0.2) is 25.7 Å². The van der Waals surface area contributed by atoms with Crippen LogP contribution < -0.4 is 11.1 Å². The highest BCUT2D eigenvalue weighted by atomic mass is 16.5. The van der Waals surface area contributed by atoms with Gasteiger partial charge in [-0.05, 0) is 24.1 Å². The Hall–Kier alpha value is -1.83. The van der Waals surface area contributed by atoms with Crippen molar-refractivity contribution >= 4 is 5.91 Å². The van der Waals surface area contributed by atoms with Crippen LogP contribution in [0.5, 0.6) is 0 Å². The molecular formula is C15H18N2O2. The molecule has 0 aromatic heterocycles. The maximum Gasteiger partial charge on any atom is 0.225 e. The summed E-state index contributed by atoms with van der Waals surface area (Å²) in [6, 6.07) is 7.80. The molecule has 1 saturated heterocycles. The first-order chi connectivity index (χ1) is 9.29. The number of rotatable bonds is 3. The summed E-state index contributed by atoms with van der Waals surface area (Å²) in [7, 11) is 0. The summed E-state index contributed by atoms with van der Waals surface area (Å²) in [6.45, 7) is 2.09. The molecule has 4 nitrogen and oxygen atoms in total. The minimum absolute atomic E-state index is 0.000199.